The van der Waals surface area contributed by atoms with E-state index in [9.17, 15) is 0 Å². The molecule has 1 rings (SSSR count). The van der Waals surface area contributed by atoms with Crippen molar-refractivity contribution in [2.24, 2.45) is 0 Å². The Kier molecular flexibility index (Phi) is 7.66. The third-order valence-electron chi connectivity index (χ3n) is 2.35. The standard InChI is InChI=1S/C12H22N2O3/c1-16-7-3-13-10-12-2-4-14(11-12)5-8-17-9-6-15/h2,4,11,13,15H,3,5-10H2,1H3. The minimum atomic E-state index is 0.0837. The second kappa shape index (κ2) is 9.18. The zero-order valence-electron chi connectivity index (χ0n) is 10.4. The summed E-state index contributed by atoms with van der Waals surface area (Å²) in [5.41, 5.74) is 1.25. The largest absolute Gasteiger partial charge is 0.394 e. The molecule has 0 aliphatic heterocycles. The van der Waals surface area contributed by atoms with Gasteiger partial charge in [-0.3, -0.25) is 0 Å². The maximum absolute atomic E-state index is 8.56. The van der Waals surface area contributed by atoms with Crippen LogP contribution in [0.5, 0.6) is 0 Å². The highest BCUT2D eigenvalue weighted by Gasteiger charge is 1.96. The Morgan fingerprint density at radius 1 is 1.35 bits per heavy atom. The number of aliphatic hydroxyl groups excluding tert-OH is 1. The molecule has 0 aliphatic carbocycles. The summed E-state index contributed by atoms with van der Waals surface area (Å²) in [7, 11) is 1.70. The Morgan fingerprint density at radius 3 is 3.00 bits per heavy atom. The molecule has 0 aliphatic rings. The van der Waals surface area contributed by atoms with E-state index in [1.807, 2.05) is 6.20 Å². The van der Waals surface area contributed by atoms with Crippen LogP contribution in [0.2, 0.25) is 0 Å². The quantitative estimate of drug-likeness (QED) is 0.577. The molecule has 0 fully saturated rings. The van der Waals surface area contributed by atoms with E-state index in [0.717, 1.165) is 26.2 Å². The van der Waals surface area contributed by atoms with Crippen molar-refractivity contribution in [1.29, 1.82) is 0 Å². The first kappa shape index (κ1) is 14.2. The van der Waals surface area contributed by atoms with Gasteiger partial charge in [0.25, 0.3) is 0 Å². The van der Waals surface area contributed by atoms with E-state index >= 15 is 0 Å². The zero-order valence-corrected chi connectivity index (χ0v) is 10.4. The van der Waals surface area contributed by atoms with Gasteiger partial charge in [0.1, 0.15) is 0 Å². The topological polar surface area (TPSA) is 55.7 Å². The van der Waals surface area contributed by atoms with Crippen molar-refractivity contribution in [2.75, 3.05) is 40.1 Å². The molecule has 1 aromatic heterocycles. The monoisotopic (exact) mass is 242 g/mol. The van der Waals surface area contributed by atoms with E-state index in [1.165, 1.54) is 5.56 Å². The fourth-order valence-corrected chi connectivity index (χ4v) is 1.48. The molecule has 0 saturated heterocycles. The molecule has 0 spiro atoms. The smallest absolute Gasteiger partial charge is 0.0698 e. The number of aromatic nitrogens is 1. The second-order valence-corrected chi connectivity index (χ2v) is 3.76. The summed E-state index contributed by atoms with van der Waals surface area (Å²) in [6.45, 7) is 4.39. The molecular formula is C12H22N2O3. The van der Waals surface area contributed by atoms with Gasteiger partial charge < -0.3 is 24.5 Å². The molecule has 17 heavy (non-hydrogen) atoms. The number of rotatable bonds is 10. The van der Waals surface area contributed by atoms with Crippen LogP contribution in [0, 0.1) is 0 Å². The number of ether oxygens (including phenoxy) is 2. The average molecular weight is 242 g/mol. The number of hydrogen-bond acceptors (Lipinski definition) is 4. The lowest BCUT2D eigenvalue weighted by Gasteiger charge is -2.04. The Morgan fingerprint density at radius 2 is 2.24 bits per heavy atom. The normalized spacial score (nSPS) is 10.9. The number of nitrogens with one attached hydrogen (secondary N) is 1. The van der Waals surface area contributed by atoms with Crippen LogP contribution in [0.4, 0.5) is 0 Å². The summed E-state index contributed by atoms with van der Waals surface area (Å²) in [5.74, 6) is 0. The molecule has 0 atom stereocenters. The van der Waals surface area contributed by atoms with Crippen LogP contribution in [0.15, 0.2) is 18.5 Å². The molecule has 5 nitrogen and oxygen atoms in total. The van der Waals surface area contributed by atoms with Gasteiger partial charge in [-0.2, -0.15) is 0 Å². The third-order valence-corrected chi connectivity index (χ3v) is 2.35. The van der Waals surface area contributed by atoms with Gasteiger partial charge in [0.15, 0.2) is 0 Å². The SMILES string of the molecule is COCCNCc1ccn(CCOCCO)c1. The van der Waals surface area contributed by atoms with E-state index < -0.39 is 0 Å². The number of nitrogens with zero attached hydrogens (tertiary/aromatic N) is 1. The molecule has 0 amide bonds. The Labute approximate surface area is 102 Å². The fraction of sp³-hybridized carbons (Fsp3) is 0.667. The Balaban J connectivity index is 2.14. The van der Waals surface area contributed by atoms with Gasteiger partial charge in [0.05, 0.1) is 26.4 Å². The van der Waals surface area contributed by atoms with E-state index in [2.05, 4.69) is 22.1 Å². The molecule has 1 aromatic rings. The maximum Gasteiger partial charge on any atom is 0.0698 e. The van der Waals surface area contributed by atoms with Gasteiger partial charge in [-0.05, 0) is 11.6 Å². The summed E-state index contributed by atoms with van der Waals surface area (Å²) in [6, 6.07) is 2.09. The van der Waals surface area contributed by atoms with Crippen LogP contribution < -0.4 is 5.32 Å². The lowest BCUT2D eigenvalue weighted by molar-refractivity contribution is 0.0870. The fourth-order valence-electron chi connectivity index (χ4n) is 1.48. The van der Waals surface area contributed by atoms with Crippen molar-refractivity contribution < 1.29 is 14.6 Å². The Bertz CT molecular complexity index is 263. The predicted octanol–water partition coefficient (Wildman–Crippen LogP) is 0.233. The summed E-state index contributed by atoms with van der Waals surface area (Å²) in [5, 5.41) is 11.8. The van der Waals surface area contributed by atoms with Crippen LogP contribution in [0.3, 0.4) is 0 Å². The zero-order chi connectivity index (χ0) is 12.3. The predicted molar refractivity (Wildman–Crippen MR) is 65.9 cm³/mol. The summed E-state index contributed by atoms with van der Waals surface area (Å²) in [6.07, 6.45) is 4.14. The molecule has 2 N–H and O–H groups in total. The Hall–Kier alpha value is -0.880. The van der Waals surface area contributed by atoms with Crippen LogP contribution >= 0.6 is 0 Å². The average Bonchev–Trinajstić information content (AvgIpc) is 2.78. The first-order valence-corrected chi connectivity index (χ1v) is 5.89. The summed E-state index contributed by atoms with van der Waals surface area (Å²) in [4.78, 5) is 0. The lowest BCUT2D eigenvalue weighted by Crippen LogP contribution is -2.18. The van der Waals surface area contributed by atoms with Gasteiger partial charge >= 0.3 is 0 Å². The van der Waals surface area contributed by atoms with Gasteiger partial charge in [-0.1, -0.05) is 0 Å². The second-order valence-electron chi connectivity index (χ2n) is 3.76. The number of methoxy groups -OCH3 is 1. The maximum atomic E-state index is 8.56. The minimum Gasteiger partial charge on any atom is -0.394 e. The molecule has 0 bridgehead atoms. The van der Waals surface area contributed by atoms with E-state index in [4.69, 9.17) is 14.6 Å². The van der Waals surface area contributed by atoms with E-state index in [0.29, 0.717) is 13.2 Å². The van der Waals surface area contributed by atoms with Crippen LogP contribution in [0.1, 0.15) is 5.56 Å². The molecule has 1 heterocycles. The lowest BCUT2D eigenvalue weighted by atomic mass is 10.3. The summed E-state index contributed by atoms with van der Waals surface area (Å²) >= 11 is 0. The molecule has 98 valence electrons. The third kappa shape index (κ3) is 6.43. The summed E-state index contributed by atoms with van der Waals surface area (Å²) < 4.78 is 12.3. The van der Waals surface area contributed by atoms with Crippen molar-refractivity contribution in [3.8, 4) is 0 Å². The van der Waals surface area contributed by atoms with E-state index in [-0.39, 0.29) is 6.61 Å². The highest BCUT2D eigenvalue weighted by atomic mass is 16.5. The molecule has 5 heteroatoms. The minimum absolute atomic E-state index is 0.0837. The molecular weight excluding hydrogens is 220 g/mol. The van der Waals surface area contributed by atoms with Crippen molar-refractivity contribution in [3.05, 3.63) is 24.0 Å². The van der Waals surface area contributed by atoms with Gasteiger partial charge in [-0.25, -0.2) is 0 Å². The highest BCUT2D eigenvalue weighted by molar-refractivity contribution is 5.09. The van der Waals surface area contributed by atoms with Crippen LogP contribution in [0.25, 0.3) is 0 Å². The highest BCUT2D eigenvalue weighted by Crippen LogP contribution is 2.00. The molecule has 0 unspecified atom stereocenters. The van der Waals surface area contributed by atoms with Crippen molar-refractivity contribution in [3.63, 3.8) is 0 Å². The van der Waals surface area contributed by atoms with Crippen LogP contribution in [-0.2, 0) is 22.6 Å². The van der Waals surface area contributed by atoms with Crippen LogP contribution in [-0.4, -0.2) is 49.8 Å². The van der Waals surface area contributed by atoms with E-state index in [1.54, 1.807) is 7.11 Å². The number of aliphatic hydroxyl groups is 1. The molecule has 0 aromatic carbocycles. The van der Waals surface area contributed by atoms with Gasteiger partial charge in [-0.15, -0.1) is 0 Å². The first-order valence-electron chi connectivity index (χ1n) is 5.89. The number of hydrogen-bond donors (Lipinski definition) is 2. The van der Waals surface area contributed by atoms with Gasteiger partial charge in [0.2, 0.25) is 0 Å². The van der Waals surface area contributed by atoms with Crippen molar-refractivity contribution >= 4 is 0 Å². The first-order chi connectivity index (χ1) is 8.36. The van der Waals surface area contributed by atoms with Gasteiger partial charge in [0, 0.05) is 39.1 Å². The molecule has 0 saturated carbocycles. The molecule has 0 radical (unpaired) electrons. The van der Waals surface area contributed by atoms with Crippen molar-refractivity contribution in [1.82, 2.24) is 9.88 Å². The van der Waals surface area contributed by atoms with Crippen molar-refractivity contribution in [2.45, 2.75) is 13.1 Å².